The lowest BCUT2D eigenvalue weighted by atomic mass is 9.87. The summed E-state index contributed by atoms with van der Waals surface area (Å²) in [5, 5.41) is 23.8. The molecule has 0 saturated heterocycles. The second kappa shape index (κ2) is 5.44. The number of aromatic hydroxyl groups is 1. The van der Waals surface area contributed by atoms with Crippen LogP contribution in [0.5, 0.6) is 5.75 Å². The average Bonchev–Trinajstić information content (AvgIpc) is 2.49. The zero-order chi connectivity index (χ0) is 14.8. The van der Waals surface area contributed by atoms with Gasteiger partial charge in [0, 0.05) is 0 Å². The van der Waals surface area contributed by atoms with E-state index in [-0.39, 0.29) is 17.5 Å². The number of hydrogen-bond donors (Lipinski definition) is 2. The van der Waals surface area contributed by atoms with Gasteiger partial charge in [0.1, 0.15) is 11.4 Å². The highest BCUT2D eigenvalue weighted by atomic mass is 16.6. The summed E-state index contributed by atoms with van der Waals surface area (Å²) in [6.07, 6.45) is 3.04. The molecule has 2 aromatic rings. The number of benzene rings is 2. The fraction of sp³-hybridized carbons (Fsp3) is 0.250. The summed E-state index contributed by atoms with van der Waals surface area (Å²) >= 11 is 0. The van der Waals surface area contributed by atoms with Gasteiger partial charge in [-0.1, -0.05) is 24.3 Å². The molecule has 0 heterocycles. The third kappa shape index (κ3) is 2.67. The summed E-state index contributed by atoms with van der Waals surface area (Å²) in [6, 6.07) is 12.4. The Morgan fingerprint density at radius 2 is 2.05 bits per heavy atom. The molecular formula is C16H16N2O3. The number of rotatable bonds is 3. The van der Waals surface area contributed by atoms with Crippen molar-refractivity contribution in [3.05, 3.63) is 63.7 Å². The van der Waals surface area contributed by atoms with Crippen LogP contribution in [0.1, 0.15) is 30.0 Å². The standard InChI is InChI=1S/C16H16N2O3/c19-12-8-9-15(16(10-12)18(20)21)17-14-7-3-5-11-4-1-2-6-13(11)14/h1-2,4,6,8-10,14,17,19H,3,5,7H2. The minimum absolute atomic E-state index is 0.0678. The molecule has 0 spiro atoms. The lowest BCUT2D eigenvalue weighted by molar-refractivity contribution is -0.384. The van der Waals surface area contributed by atoms with E-state index in [4.69, 9.17) is 0 Å². The molecule has 0 amide bonds. The van der Waals surface area contributed by atoms with Crippen molar-refractivity contribution < 1.29 is 10.0 Å². The SMILES string of the molecule is O=[N+]([O-])c1cc(O)ccc1NC1CCCc2ccccc21. The minimum atomic E-state index is -0.475. The Morgan fingerprint density at radius 1 is 1.24 bits per heavy atom. The Morgan fingerprint density at radius 3 is 2.86 bits per heavy atom. The van der Waals surface area contributed by atoms with E-state index in [2.05, 4.69) is 17.4 Å². The summed E-state index contributed by atoms with van der Waals surface area (Å²) < 4.78 is 0. The van der Waals surface area contributed by atoms with Gasteiger partial charge in [0.15, 0.2) is 0 Å². The maximum atomic E-state index is 11.1. The fourth-order valence-electron chi connectivity index (χ4n) is 2.88. The summed E-state index contributed by atoms with van der Waals surface area (Å²) in [5.74, 6) is -0.101. The van der Waals surface area contributed by atoms with Crippen LogP contribution in [0.25, 0.3) is 0 Å². The van der Waals surface area contributed by atoms with Crippen molar-refractivity contribution in [1.82, 2.24) is 0 Å². The summed E-state index contributed by atoms with van der Waals surface area (Å²) in [6.45, 7) is 0. The smallest absolute Gasteiger partial charge is 0.296 e. The van der Waals surface area contributed by atoms with Gasteiger partial charge in [-0.3, -0.25) is 10.1 Å². The Hall–Kier alpha value is -2.56. The van der Waals surface area contributed by atoms with E-state index in [0.29, 0.717) is 5.69 Å². The van der Waals surface area contributed by atoms with E-state index >= 15 is 0 Å². The molecule has 3 rings (SSSR count). The van der Waals surface area contributed by atoms with Crippen LogP contribution in [-0.4, -0.2) is 10.0 Å². The van der Waals surface area contributed by atoms with Gasteiger partial charge in [-0.05, 0) is 42.5 Å². The van der Waals surface area contributed by atoms with Crippen LogP contribution in [0.4, 0.5) is 11.4 Å². The van der Waals surface area contributed by atoms with Crippen molar-refractivity contribution in [2.45, 2.75) is 25.3 Å². The van der Waals surface area contributed by atoms with E-state index in [1.807, 2.05) is 12.1 Å². The molecule has 0 aromatic heterocycles. The molecule has 0 aliphatic heterocycles. The van der Waals surface area contributed by atoms with Crippen LogP contribution in [-0.2, 0) is 6.42 Å². The Labute approximate surface area is 122 Å². The van der Waals surface area contributed by atoms with E-state index in [1.54, 1.807) is 6.07 Å². The van der Waals surface area contributed by atoms with Crippen LogP contribution in [0, 0.1) is 10.1 Å². The molecule has 0 fully saturated rings. The van der Waals surface area contributed by atoms with Crippen LogP contribution >= 0.6 is 0 Å². The lowest BCUT2D eigenvalue weighted by Gasteiger charge is -2.27. The Bertz CT molecular complexity index is 685. The van der Waals surface area contributed by atoms with Gasteiger partial charge >= 0.3 is 0 Å². The van der Waals surface area contributed by atoms with E-state index in [1.165, 1.54) is 23.3 Å². The van der Waals surface area contributed by atoms with Gasteiger partial charge in [-0.15, -0.1) is 0 Å². The molecular weight excluding hydrogens is 268 g/mol. The Kier molecular flexibility index (Phi) is 3.48. The maximum absolute atomic E-state index is 11.1. The molecule has 1 atom stereocenters. The number of nitrogens with zero attached hydrogens (tertiary/aromatic N) is 1. The third-order valence-electron chi connectivity index (χ3n) is 3.88. The largest absolute Gasteiger partial charge is 0.508 e. The molecule has 0 bridgehead atoms. The molecule has 2 aromatic carbocycles. The van der Waals surface area contributed by atoms with Crippen molar-refractivity contribution >= 4 is 11.4 Å². The Balaban J connectivity index is 1.93. The van der Waals surface area contributed by atoms with Gasteiger partial charge in [-0.2, -0.15) is 0 Å². The second-order valence-corrected chi connectivity index (χ2v) is 5.25. The molecule has 1 aliphatic carbocycles. The normalized spacial score (nSPS) is 17.0. The first-order valence-corrected chi connectivity index (χ1v) is 6.97. The number of fused-ring (bicyclic) bond motifs is 1. The van der Waals surface area contributed by atoms with E-state index in [9.17, 15) is 15.2 Å². The molecule has 108 valence electrons. The number of nitro groups is 1. The topological polar surface area (TPSA) is 75.4 Å². The fourth-order valence-corrected chi connectivity index (χ4v) is 2.88. The first-order chi connectivity index (χ1) is 10.1. The van der Waals surface area contributed by atoms with E-state index < -0.39 is 4.92 Å². The van der Waals surface area contributed by atoms with Gasteiger partial charge in [-0.25, -0.2) is 0 Å². The molecule has 1 aliphatic rings. The molecule has 21 heavy (non-hydrogen) atoms. The maximum Gasteiger partial charge on any atom is 0.296 e. The first-order valence-electron chi connectivity index (χ1n) is 6.97. The van der Waals surface area contributed by atoms with Crippen LogP contribution in [0.3, 0.4) is 0 Å². The number of hydrogen-bond acceptors (Lipinski definition) is 4. The lowest BCUT2D eigenvalue weighted by Crippen LogP contribution is -2.17. The monoisotopic (exact) mass is 284 g/mol. The minimum Gasteiger partial charge on any atom is -0.508 e. The zero-order valence-electron chi connectivity index (χ0n) is 11.5. The second-order valence-electron chi connectivity index (χ2n) is 5.25. The molecule has 0 radical (unpaired) electrons. The number of nitro benzene ring substituents is 1. The first kappa shape index (κ1) is 13.4. The summed E-state index contributed by atoms with van der Waals surface area (Å²) in [4.78, 5) is 10.6. The molecule has 5 nitrogen and oxygen atoms in total. The number of aryl methyl sites for hydroxylation is 1. The summed E-state index contributed by atoms with van der Waals surface area (Å²) in [7, 11) is 0. The zero-order valence-corrected chi connectivity index (χ0v) is 11.5. The van der Waals surface area contributed by atoms with Crippen molar-refractivity contribution in [2.24, 2.45) is 0 Å². The number of phenolic OH excluding ortho intramolecular Hbond substituents is 1. The molecule has 1 unspecified atom stereocenters. The number of anilines is 1. The van der Waals surface area contributed by atoms with Crippen molar-refractivity contribution in [1.29, 1.82) is 0 Å². The highest BCUT2D eigenvalue weighted by molar-refractivity contribution is 5.64. The van der Waals surface area contributed by atoms with Crippen LogP contribution in [0.2, 0.25) is 0 Å². The quantitative estimate of drug-likeness (QED) is 0.511. The molecule has 5 heteroatoms. The van der Waals surface area contributed by atoms with Crippen LogP contribution in [0.15, 0.2) is 42.5 Å². The van der Waals surface area contributed by atoms with Crippen molar-refractivity contribution in [3.63, 3.8) is 0 Å². The number of nitrogens with one attached hydrogen (secondary N) is 1. The van der Waals surface area contributed by atoms with Gasteiger partial charge in [0.05, 0.1) is 17.0 Å². The highest BCUT2D eigenvalue weighted by Gasteiger charge is 2.23. The summed E-state index contributed by atoms with van der Waals surface area (Å²) in [5.41, 5.74) is 2.84. The molecule has 0 saturated carbocycles. The predicted octanol–water partition coefficient (Wildman–Crippen LogP) is 3.79. The van der Waals surface area contributed by atoms with Gasteiger partial charge in [0.25, 0.3) is 5.69 Å². The highest BCUT2D eigenvalue weighted by Crippen LogP contribution is 2.36. The average molecular weight is 284 g/mol. The molecule has 2 N–H and O–H groups in total. The number of phenols is 1. The van der Waals surface area contributed by atoms with Gasteiger partial charge < -0.3 is 10.4 Å². The third-order valence-corrected chi connectivity index (χ3v) is 3.88. The van der Waals surface area contributed by atoms with Gasteiger partial charge in [0.2, 0.25) is 0 Å². The predicted molar refractivity (Wildman–Crippen MR) is 80.5 cm³/mol. The van der Waals surface area contributed by atoms with Crippen LogP contribution < -0.4 is 5.32 Å². The van der Waals surface area contributed by atoms with Crippen molar-refractivity contribution in [2.75, 3.05) is 5.32 Å². The van der Waals surface area contributed by atoms with E-state index in [0.717, 1.165) is 19.3 Å². The van der Waals surface area contributed by atoms with Crippen molar-refractivity contribution in [3.8, 4) is 5.75 Å².